The van der Waals surface area contributed by atoms with Gasteiger partial charge in [-0.05, 0) is 45.3 Å². The summed E-state index contributed by atoms with van der Waals surface area (Å²) < 4.78 is 5.34. The molecule has 0 atom stereocenters. The number of nitrogens with one attached hydrogen (secondary N) is 1. The van der Waals surface area contributed by atoms with Gasteiger partial charge < -0.3 is 10.1 Å². The largest absolute Gasteiger partial charge is 0.452 e. The number of hydrogen-bond donors (Lipinski definition) is 1. The monoisotopic (exact) mass is 403 g/mol. The molecule has 144 valence electrons. The molecule has 5 heteroatoms. The van der Waals surface area contributed by atoms with Gasteiger partial charge in [-0.15, -0.1) is 0 Å². The zero-order valence-corrected chi connectivity index (χ0v) is 16.3. The van der Waals surface area contributed by atoms with Crippen LogP contribution < -0.4 is 5.32 Å². The van der Waals surface area contributed by atoms with E-state index in [0.717, 1.165) is 27.1 Å². The van der Waals surface area contributed by atoms with Gasteiger partial charge in [-0.1, -0.05) is 72.3 Å². The number of rotatable bonds is 5. The molecule has 0 aliphatic rings. The highest BCUT2D eigenvalue weighted by Crippen LogP contribution is 2.29. The van der Waals surface area contributed by atoms with E-state index in [4.69, 9.17) is 16.3 Å². The highest BCUT2D eigenvalue weighted by atomic mass is 35.5. The molecule has 0 saturated carbocycles. The lowest BCUT2D eigenvalue weighted by Crippen LogP contribution is -2.28. The summed E-state index contributed by atoms with van der Waals surface area (Å²) in [6.45, 7) is -0.0366. The topological polar surface area (TPSA) is 55.4 Å². The first-order valence-corrected chi connectivity index (χ1v) is 9.58. The molecule has 0 aromatic heterocycles. The van der Waals surface area contributed by atoms with Crippen LogP contribution in [0.25, 0.3) is 21.5 Å². The fourth-order valence-electron chi connectivity index (χ4n) is 3.34. The number of halogens is 1. The third-order valence-electron chi connectivity index (χ3n) is 4.69. The van der Waals surface area contributed by atoms with Gasteiger partial charge in [0.05, 0.1) is 5.56 Å². The van der Waals surface area contributed by atoms with E-state index in [0.29, 0.717) is 17.1 Å². The summed E-state index contributed by atoms with van der Waals surface area (Å²) in [5, 5.41) is 6.83. The number of benzene rings is 4. The first kappa shape index (κ1) is 19.0. The van der Waals surface area contributed by atoms with Crippen molar-refractivity contribution in [2.24, 2.45) is 0 Å². The highest BCUT2D eigenvalue weighted by molar-refractivity contribution is 6.30. The number of amides is 1. The molecule has 4 nitrogen and oxygen atoms in total. The van der Waals surface area contributed by atoms with E-state index in [1.165, 1.54) is 0 Å². The normalized spacial score (nSPS) is 10.8. The van der Waals surface area contributed by atoms with Crippen LogP contribution >= 0.6 is 11.6 Å². The Morgan fingerprint density at radius 3 is 2.14 bits per heavy atom. The molecule has 0 spiro atoms. The average molecular weight is 404 g/mol. The van der Waals surface area contributed by atoms with Crippen molar-refractivity contribution < 1.29 is 14.3 Å². The van der Waals surface area contributed by atoms with Crippen LogP contribution in [0.2, 0.25) is 5.02 Å². The second-order valence-electron chi connectivity index (χ2n) is 6.68. The van der Waals surface area contributed by atoms with Crippen molar-refractivity contribution in [2.75, 3.05) is 6.61 Å². The van der Waals surface area contributed by atoms with Crippen LogP contribution in [0, 0.1) is 0 Å². The number of carbonyl (C=O) groups excluding carboxylic acids is 2. The third kappa shape index (κ3) is 4.23. The minimum atomic E-state index is -0.518. The molecule has 0 aliphatic heterocycles. The van der Waals surface area contributed by atoms with Gasteiger partial charge in [-0.3, -0.25) is 4.79 Å². The Hall–Kier alpha value is -3.37. The van der Waals surface area contributed by atoms with Crippen molar-refractivity contribution in [3.8, 4) is 0 Å². The molecule has 0 unspecified atom stereocenters. The van der Waals surface area contributed by atoms with Gasteiger partial charge in [0.1, 0.15) is 0 Å². The maximum absolute atomic E-state index is 12.9. The predicted octanol–water partition coefficient (Wildman–Crippen LogP) is 5.12. The van der Waals surface area contributed by atoms with Crippen molar-refractivity contribution in [2.45, 2.75) is 6.54 Å². The van der Waals surface area contributed by atoms with Gasteiger partial charge in [0.25, 0.3) is 5.91 Å². The third-order valence-corrected chi connectivity index (χ3v) is 4.92. The van der Waals surface area contributed by atoms with Crippen LogP contribution in [-0.4, -0.2) is 18.5 Å². The number of carbonyl (C=O) groups is 2. The molecule has 0 radical (unpaired) electrons. The summed E-state index contributed by atoms with van der Waals surface area (Å²) in [7, 11) is 0. The van der Waals surface area contributed by atoms with Crippen molar-refractivity contribution in [1.82, 2.24) is 5.32 Å². The standard InChI is InChI=1S/C24H18ClNO3/c25-19-9-5-6-16(12-19)14-26-22(27)15-29-24(28)23-20-10-3-1-7-17(20)13-18-8-2-4-11-21(18)23/h1-13H,14-15H2,(H,26,27). The lowest BCUT2D eigenvalue weighted by atomic mass is 9.97. The molecule has 0 bridgehead atoms. The zero-order valence-electron chi connectivity index (χ0n) is 15.5. The number of hydrogen-bond acceptors (Lipinski definition) is 3. The van der Waals surface area contributed by atoms with Crippen molar-refractivity contribution in [1.29, 1.82) is 0 Å². The van der Waals surface area contributed by atoms with E-state index in [1.54, 1.807) is 12.1 Å². The highest BCUT2D eigenvalue weighted by Gasteiger charge is 2.17. The van der Waals surface area contributed by atoms with E-state index in [-0.39, 0.29) is 12.5 Å². The Labute approximate surface area is 173 Å². The van der Waals surface area contributed by atoms with Crippen molar-refractivity contribution in [3.05, 3.63) is 95.0 Å². The molecule has 4 aromatic rings. The minimum absolute atomic E-state index is 0.314. The molecule has 0 fully saturated rings. The summed E-state index contributed by atoms with van der Waals surface area (Å²) in [5.41, 5.74) is 1.35. The van der Waals surface area contributed by atoms with Crippen LogP contribution in [0.5, 0.6) is 0 Å². The molecule has 1 N–H and O–H groups in total. The summed E-state index contributed by atoms with van der Waals surface area (Å²) in [4.78, 5) is 25.0. The van der Waals surface area contributed by atoms with Crippen LogP contribution in [0.1, 0.15) is 15.9 Å². The molecular weight excluding hydrogens is 386 g/mol. The van der Waals surface area contributed by atoms with Crippen LogP contribution in [-0.2, 0) is 16.1 Å². The smallest absolute Gasteiger partial charge is 0.339 e. The Morgan fingerprint density at radius 1 is 0.828 bits per heavy atom. The molecule has 4 aromatic carbocycles. The molecular formula is C24H18ClNO3. The van der Waals surface area contributed by atoms with E-state index in [2.05, 4.69) is 5.32 Å². The fourth-order valence-corrected chi connectivity index (χ4v) is 3.55. The number of ether oxygens (including phenoxy) is 1. The van der Waals surface area contributed by atoms with E-state index in [1.807, 2.05) is 66.7 Å². The van der Waals surface area contributed by atoms with Gasteiger partial charge in [-0.25, -0.2) is 4.79 Å². The quantitative estimate of drug-likeness (QED) is 0.371. The van der Waals surface area contributed by atoms with Crippen molar-refractivity contribution >= 4 is 45.0 Å². The molecule has 1 amide bonds. The first-order valence-electron chi connectivity index (χ1n) is 9.20. The lowest BCUT2D eigenvalue weighted by molar-refractivity contribution is -0.124. The second-order valence-corrected chi connectivity index (χ2v) is 7.11. The number of fused-ring (bicyclic) bond motifs is 2. The molecule has 4 rings (SSSR count). The lowest BCUT2D eigenvalue weighted by Gasteiger charge is -2.11. The van der Waals surface area contributed by atoms with Gasteiger partial charge in [0.2, 0.25) is 0 Å². The van der Waals surface area contributed by atoms with Crippen molar-refractivity contribution in [3.63, 3.8) is 0 Å². The summed E-state index contributed by atoms with van der Waals surface area (Å²) in [5.74, 6) is -0.890. The van der Waals surface area contributed by atoms with E-state index >= 15 is 0 Å². The maximum Gasteiger partial charge on any atom is 0.339 e. The average Bonchev–Trinajstić information content (AvgIpc) is 2.74. The fraction of sp³-hybridized carbons (Fsp3) is 0.0833. The molecule has 0 saturated heterocycles. The number of esters is 1. The minimum Gasteiger partial charge on any atom is -0.452 e. The SMILES string of the molecule is O=C(COC(=O)c1c2ccccc2cc2ccccc12)NCc1cccc(Cl)c1. The van der Waals surface area contributed by atoms with E-state index < -0.39 is 5.97 Å². The molecule has 29 heavy (non-hydrogen) atoms. The second kappa shape index (κ2) is 8.33. The summed E-state index contributed by atoms with van der Waals surface area (Å²) in [6.07, 6.45) is 0. The first-order chi connectivity index (χ1) is 14.1. The van der Waals surface area contributed by atoms with Gasteiger partial charge in [-0.2, -0.15) is 0 Å². The van der Waals surface area contributed by atoms with Crippen LogP contribution in [0.3, 0.4) is 0 Å². The molecule has 0 aliphatic carbocycles. The van der Waals surface area contributed by atoms with Gasteiger partial charge >= 0.3 is 5.97 Å². The van der Waals surface area contributed by atoms with Gasteiger partial charge in [0.15, 0.2) is 6.61 Å². The van der Waals surface area contributed by atoms with E-state index in [9.17, 15) is 9.59 Å². The zero-order chi connectivity index (χ0) is 20.2. The molecule has 0 heterocycles. The maximum atomic E-state index is 12.9. The Bertz CT molecular complexity index is 1170. The Morgan fingerprint density at radius 2 is 1.48 bits per heavy atom. The Kier molecular flexibility index (Phi) is 5.45. The van der Waals surface area contributed by atoms with Gasteiger partial charge in [0, 0.05) is 11.6 Å². The van der Waals surface area contributed by atoms with Crippen LogP contribution in [0.4, 0.5) is 0 Å². The summed E-state index contributed by atoms with van der Waals surface area (Å²) >= 11 is 5.94. The Balaban J connectivity index is 1.50. The summed E-state index contributed by atoms with van der Waals surface area (Å²) in [6, 6.07) is 24.6. The predicted molar refractivity (Wildman–Crippen MR) is 115 cm³/mol. The van der Waals surface area contributed by atoms with Crippen LogP contribution in [0.15, 0.2) is 78.9 Å².